The number of hydrogen-bond donors (Lipinski definition) is 0. The number of fused-ring (bicyclic) bond motifs is 9. The molecular weight excluding hydrogens is 356 g/mol. The highest BCUT2D eigenvalue weighted by atomic mass is 16.1. The summed E-state index contributed by atoms with van der Waals surface area (Å²) in [6.45, 7) is 4.97. The van der Waals surface area contributed by atoms with Gasteiger partial charge in [0.05, 0.1) is 0 Å². The molecule has 0 aliphatic heterocycles. The lowest BCUT2D eigenvalue weighted by atomic mass is 9.46. The van der Waals surface area contributed by atoms with Gasteiger partial charge in [-0.15, -0.1) is 0 Å². The Morgan fingerprint density at radius 2 is 1.72 bits per heavy atom. The fraction of sp³-hybridized carbons (Fsp3) is 0.778. The summed E-state index contributed by atoms with van der Waals surface area (Å²) in [7, 11) is 0. The van der Waals surface area contributed by atoms with Crippen LogP contribution in [0.3, 0.4) is 0 Å². The van der Waals surface area contributed by atoms with E-state index in [-0.39, 0.29) is 16.7 Å². The lowest BCUT2D eigenvalue weighted by Gasteiger charge is -2.58. The fourth-order valence-electron chi connectivity index (χ4n) is 9.59. The van der Waals surface area contributed by atoms with Crippen molar-refractivity contribution in [3.05, 3.63) is 23.3 Å². The van der Waals surface area contributed by atoms with Crippen LogP contribution in [0.25, 0.3) is 0 Å². The van der Waals surface area contributed by atoms with Gasteiger partial charge in [-0.25, -0.2) is 0 Å². The molecule has 8 atom stereocenters. The van der Waals surface area contributed by atoms with Crippen LogP contribution in [0.15, 0.2) is 23.3 Å². The maximum atomic E-state index is 13.4. The smallest absolute Gasteiger partial charge is 0.159 e. The first-order valence-electron chi connectivity index (χ1n) is 12.4. The second kappa shape index (κ2) is 6.17. The largest absolute Gasteiger partial charge is 0.295 e. The minimum atomic E-state index is 0.213. The van der Waals surface area contributed by atoms with Crippen molar-refractivity contribution in [2.75, 3.05) is 0 Å². The van der Waals surface area contributed by atoms with E-state index in [1.54, 1.807) is 0 Å². The Hall–Kier alpha value is -1.18. The van der Waals surface area contributed by atoms with Crippen LogP contribution in [-0.2, 0) is 9.59 Å². The number of carbonyl (C=O) groups is 2. The zero-order valence-electron chi connectivity index (χ0n) is 18.2. The van der Waals surface area contributed by atoms with Crippen LogP contribution < -0.4 is 0 Å². The average Bonchev–Trinajstić information content (AvgIpc) is 3.03. The van der Waals surface area contributed by atoms with Crippen LogP contribution in [0.4, 0.5) is 0 Å². The van der Waals surface area contributed by atoms with Crippen molar-refractivity contribution in [3.63, 3.8) is 0 Å². The van der Waals surface area contributed by atoms with E-state index in [0.29, 0.717) is 29.3 Å². The SMILES string of the molecule is C[C@]12CC[C@H]3[C@@H](CCC4=CC(=O)CC[C@@]43C)[C@@H]1C[C@H]1[C@H]3CCCCC3=CC(=O)[C@@H]12. The molecule has 6 aliphatic carbocycles. The van der Waals surface area contributed by atoms with E-state index in [1.807, 2.05) is 6.08 Å². The molecule has 4 fully saturated rings. The molecule has 0 heterocycles. The first-order valence-corrected chi connectivity index (χ1v) is 12.4. The molecule has 0 aromatic carbocycles. The summed E-state index contributed by atoms with van der Waals surface area (Å²) in [4.78, 5) is 25.4. The summed E-state index contributed by atoms with van der Waals surface area (Å²) in [5.74, 6) is 4.65. The molecule has 0 unspecified atom stereocenters. The predicted molar refractivity (Wildman–Crippen MR) is 114 cm³/mol. The Morgan fingerprint density at radius 3 is 2.59 bits per heavy atom. The first-order chi connectivity index (χ1) is 13.9. The molecule has 6 aliphatic rings. The Labute approximate surface area is 175 Å². The van der Waals surface area contributed by atoms with Gasteiger partial charge in [0.1, 0.15) is 0 Å². The molecule has 0 aromatic rings. The molecule has 0 N–H and O–H groups in total. The maximum absolute atomic E-state index is 13.4. The molecule has 4 saturated carbocycles. The highest BCUT2D eigenvalue weighted by Crippen LogP contribution is 2.70. The molecule has 0 bridgehead atoms. The monoisotopic (exact) mass is 392 g/mol. The van der Waals surface area contributed by atoms with E-state index >= 15 is 0 Å². The summed E-state index contributed by atoms with van der Waals surface area (Å²) < 4.78 is 0. The zero-order valence-corrected chi connectivity index (χ0v) is 18.2. The van der Waals surface area contributed by atoms with Crippen LogP contribution >= 0.6 is 0 Å². The van der Waals surface area contributed by atoms with Gasteiger partial charge in [-0.05, 0) is 110 Å². The first kappa shape index (κ1) is 18.6. The van der Waals surface area contributed by atoms with Gasteiger partial charge in [-0.1, -0.05) is 31.4 Å². The van der Waals surface area contributed by atoms with E-state index in [0.717, 1.165) is 31.1 Å². The van der Waals surface area contributed by atoms with Gasteiger partial charge in [-0.3, -0.25) is 9.59 Å². The number of hydrogen-bond acceptors (Lipinski definition) is 2. The van der Waals surface area contributed by atoms with Crippen molar-refractivity contribution in [2.45, 2.75) is 84.5 Å². The predicted octanol–water partition coefficient (Wildman–Crippen LogP) is 6.06. The van der Waals surface area contributed by atoms with Crippen molar-refractivity contribution < 1.29 is 9.59 Å². The highest BCUT2D eigenvalue weighted by molar-refractivity contribution is 5.95. The zero-order chi connectivity index (χ0) is 20.0. The molecule has 0 aromatic heterocycles. The maximum Gasteiger partial charge on any atom is 0.159 e. The molecule has 0 radical (unpaired) electrons. The molecule has 0 amide bonds. The van der Waals surface area contributed by atoms with Crippen LogP contribution in [0.2, 0.25) is 0 Å². The summed E-state index contributed by atoms with van der Waals surface area (Å²) in [5, 5.41) is 0. The minimum absolute atomic E-state index is 0.213. The summed E-state index contributed by atoms with van der Waals surface area (Å²) in [5.41, 5.74) is 3.42. The van der Waals surface area contributed by atoms with E-state index in [1.165, 1.54) is 62.5 Å². The molecule has 0 spiro atoms. The van der Waals surface area contributed by atoms with Crippen LogP contribution in [-0.4, -0.2) is 11.6 Å². The quantitative estimate of drug-likeness (QED) is 0.502. The van der Waals surface area contributed by atoms with Gasteiger partial charge in [0, 0.05) is 12.3 Å². The third kappa shape index (κ3) is 2.41. The molecule has 2 heteroatoms. The van der Waals surface area contributed by atoms with Crippen LogP contribution in [0, 0.1) is 46.3 Å². The van der Waals surface area contributed by atoms with E-state index in [2.05, 4.69) is 19.9 Å². The number of allylic oxidation sites excluding steroid dienone is 3. The standard InChI is InChI=1S/C27H36O2/c1-26-11-9-18(28)14-17(26)7-8-20-22(26)10-12-27(2)23(20)15-21-19-6-4-3-5-16(19)13-24(29)25(21)27/h13-14,19-23,25H,3-12,15H2,1-2H3/t19-,20+,21-,22-,23-,25+,26-,27-/m0/s1. The van der Waals surface area contributed by atoms with Gasteiger partial charge in [0.15, 0.2) is 11.6 Å². The van der Waals surface area contributed by atoms with Gasteiger partial charge in [0.25, 0.3) is 0 Å². The van der Waals surface area contributed by atoms with Crippen LogP contribution in [0.5, 0.6) is 0 Å². The van der Waals surface area contributed by atoms with Crippen LogP contribution in [0.1, 0.15) is 84.5 Å². The molecule has 0 saturated heterocycles. The number of rotatable bonds is 0. The summed E-state index contributed by atoms with van der Waals surface area (Å²) >= 11 is 0. The topological polar surface area (TPSA) is 34.1 Å². The van der Waals surface area contributed by atoms with Gasteiger partial charge in [0.2, 0.25) is 0 Å². The second-order valence-corrected chi connectivity index (χ2v) is 11.9. The molecule has 6 rings (SSSR count). The summed E-state index contributed by atoms with van der Waals surface area (Å²) in [6, 6.07) is 0. The third-order valence-corrected chi connectivity index (χ3v) is 10.9. The lowest BCUT2D eigenvalue weighted by molar-refractivity contribution is -0.129. The molecular formula is C27H36O2. The van der Waals surface area contributed by atoms with Crippen molar-refractivity contribution >= 4 is 11.6 Å². The molecule has 29 heavy (non-hydrogen) atoms. The van der Waals surface area contributed by atoms with Crippen molar-refractivity contribution in [3.8, 4) is 0 Å². The van der Waals surface area contributed by atoms with Crippen molar-refractivity contribution in [2.24, 2.45) is 46.3 Å². The van der Waals surface area contributed by atoms with Gasteiger partial charge >= 0.3 is 0 Å². The second-order valence-electron chi connectivity index (χ2n) is 11.9. The highest BCUT2D eigenvalue weighted by Gasteiger charge is 2.64. The van der Waals surface area contributed by atoms with Crippen molar-refractivity contribution in [1.29, 1.82) is 0 Å². The Balaban J connectivity index is 1.36. The Morgan fingerprint density at radius 1 is 0.862 bits per heavy atom. The average molecular weight is 393 g/mol. The minimum Gasteiger partial charge on any atom is -0.295 e. The third-order valence-electron chi connectivity index (χ3n) is 10.9. The van der Waals surface area contributed by atoms with E-state index < -0.39 is 0 Å². The van der Waals surface area contributed by atoms with E-state index in [9.17, 15) is 9.59 Å². The van der Waals surface area contributed by atoms with Gasteiger partial charge < -0.3 is 0 Å². The Kier molecular flexibility index (Phi) is 3.95. The molecule has 2 nitrogen and oxygen atoms in total. The van der Waals surface area contributed by atoms with Gasteiger partial charge in [-0.2, -0.15) is 0 Å². The van der Waals surface area contributed by atoms with Crippen molar-refractivity contribution in [1.82, 2.24) is 0 Å². The number of carbonyl (C=O) groups excluding carboxylic acids is 2. The molecule has 156 valence electrons. The fourth-order valence-corrected chi connectivity index (χ4v) is 9.59. The number of ketones is 2. The van der Waals surface area contributed by atoms with E-state index in [4.69, 9.17) is 0 Å². The Bertz CT molecular complexity index is 833. The lowest BCUT2D eigenvalue weighted by Crippen LogP contribution is -2.51. The summed E-state index contributed by atoms with van der Waals surface area (Å²) in [6.07, 6.45) is 17.2. The normalized spacial score (nSPS) is 51.1.